The van der Waals surface area contributed by atoms with E-state index in [2.05, 4.69) is 42.8 Å². The summed E-state index contributed by atoms with van der Waals surface area (Å²) in [5.41, 5.74) is -0.320. The summed E-state index contributed by atoms with van der Waals surface area (Å²) in [6.07, 6.45) is 5.99. The Labute approximate surface area is 214 Å². The third-order valence-corrected chi connectivity index (χ3v) is 7.12. The van der Waals surface area contributed by atoms with Crippen LogP contribution in [0.3, 0.4) is 0 Å². The van der Waals surface area contributed by atoms with Crippen molar-refractivity contribution in [2.24, 2.45) is 0 Å². The molecule has 0 radical (unpaired) electrons. The van der Waals surface area contributed by atoms with Crippen molar-refractivity contribution in [3.05, 3.63) is 78.5 Å². The maximum Gasteiger partial charge on any atom is 0.137 e. The zero-order valence-corrected chi connectivity index (χ0v) is 20.9. The van der Waals surface area contributed by atoms with Gasteiger partial charge in [-0.1, -0.05) is 6.07 Å². The average molecular weight is 511 g/mol. The third kappa shape index (κ3) is 5.82. The van der Waals surface area contributed by atoms with Gasteiger partial charge in [0.2, 0.25) is 0 Å². The lowest BCUT2D eigenvalue weighted by atomic mass is 9.92. The van der Waals surface area contributed by atoms with Crippen LogP contribution >= 0.6 is 0 Å². The van der Waals surface area contributed by atoms with Crippen molar-refractivity contribution in [1.82, 2.24) is 29.1 Å². The molecule has 0 amide bonds. The van der Waals surface area contributed by atoms with E-state index in [9.17, 15) is 13.9 Å². The van der Waals surface area contributed by atoms with Gasteiger partial charge in [-0.15, -0.1) is 0 Å². The normalized spacial score (nSPS) is 16.8. The number of nitrogens with zero attached hydrogens (tertiary/aromatic N) is 6. The zero-order chi connectivity index (χ0) is 25.8. The molecule has 8 nitrogen and oxygen atoms in total. The van der Waals surface area contributed by atoms with E-state index in [-0.39, 0.29) is 18.7 Å². The van der Waals surface area contributed by atoms with E-state index in [1.165, 1.54) is 40.4 Å². The van der Waals surface area contributed by atoms with Gasteiger partial charge in [-0.25, -0.2) is 18.4 Å². The molecule has 0 saturated carbocycles. The number of hydrogen-bond donors (Lipinski definition) is 1. The van der Waals surface area contributed by atoms with Gasteiger partial charge in [0.25, 0.3) is 0 Å². The molecule has 0 bridgehead atoms. The number of methoxy groups -OCH3 is 1. The van der Waals surface area contributed by atoms with Crippen LogP contribution in [-0.2, 0) is 18.7 Å². The molecule has 1 saturated heterocycles. The van der Waals surface area contributed by atoms with Crippen LogP contribution in [0.2, 0.25) is 0 Å². The highest BCUT2D eigenvalue weighted by Crippen LogP contribution is 2.28. The number of rotatable bonds is 10. The van der Waals surface area contributed by atoms with Crippen LogP contribution in [-0.4, -0.2) is 80.6 Å². The van der Waals surface area contributed by atoms with E-state index in [0.717, 1.165) is 57.5 Å². The quantitative estimate of drug-likeness (QED) is 0.354. The third-order valence-electron chi connectivity index (χ3n) is 7.12. The summed E-state index contributed by atoms with van der Waals surface area (Å²) < 4.78 is 37.3. The fraction of sp³-hybridized carbons (Fsp3) is 0.407. The zero-order valence-electron chi connectivity index (χ0n) is 20.9. The molecule has 5 rings (SSSR count). The van der Waals surface area contributed by atoms with Gasteiger partial charge in [0.1, 0.15) is 35.6 Å². The largest absolute Gasteiger partial charge is 0.497 e. The first-order chi connectivity index (χ1) is 17.9. The molecule has 1 N–H and O–H groups in total. The second kappa shape index (κ2) is 11.0. The van der Waals surface area contributed by atoms with Crippen molar-refractivity contribution in [3.63, 3.8) is 0 Å². The predicted octanol–water partition coefficient (Wildman–Crippen LogP) is 3.12. The van der Waals surface area contributed by atoms with E-state index < -0.39 is 17.2 Å². The lowest BCUT2D eigenvalue weighted by molar-refractivity contribution is -0.0319. The Morgan fingerprint density at radius 1 is 0.973 bits per heavy atom. The van der Waals surface area contributed by atoms with Crippen molar-refractivity contribution in [2.75, 3.05) is 46.4 Å². The van der Waals surface area contributed by atoms with Gasteiger partial charge in [0.15, 0.2) is 0 Å². The standard InChI is InChI=1S/C27H32F2N6O2/c1-37-23-4-6-26-21(15-23)7-10-34(26)9-2-8-32-11-13-33(14-12-32)17-27(36,18-35-20-30-19-31-35)24-5-3-22(28)16-25(24)29/h3-7,10,15-16,19-20,36H,2,8-9,11-14,17-18H2,1H3. The molecule has 0 aliphatic carbocycles. The van der Waals surface area contributed by atoms with Crippen LogP contribution in [0.15, 0.2) is 61.3 Å². The van der Waals surface area contributed by atoms with Gasteiger partial charge in [-0.05, 0) is 43.3 Å². The molecule has 2 aromatic heterocycles. The van der Waals surface area contributed by atoms with Crippen molar-refractivity contribution in [3.8, 4) is 5.75 Å². The number of fused-ring (bicyclic) bond motifs is 1. The Bertz CT molecular complexity index is 1320. The molecule has 3 heterocycles. The van der Waals surface area contributed by atoms with Crippen LogP contribution in [0.1, 0.15) is 12.0 Å². The molecule has 10 heteroatoms. The first-order valence-corrected chi connectivity index (χ1v) is 12.5. The number of β-amino-alcohol motifs (C(OH)–C–C–N with tert-alkyl or cyclic N) is 1. The topological polar surface area (TPSA) is 71.6 Å². The average Bonchev–Trinajstić information content (AvgIpc) is 3.54. The van der Waals surface area contributed by atoms with E-state index in [4.69, 9.17) is 4.74 Å². The summed E-state index contributed by atoms with van der Waals surface area (Å²) in [7, 11) is 1.68. The second-order valence-corrected chi connectivity index (χ2v) is 9.65. The molecule has 1 aliphatic heterocycles. The van der Waals surface area contributed by atoms with E-state index in [1.807, 2.05) is 12.1 Å². The van der Waals surface area contributed by atoms with Crippen LogP contribution in [0.5, 0.6) is 5.75 Å². The SMILES string of the molecule is COc1ccc2c(ccn2CCCN2CCN(CC(O)(Cn3cncn3)c3ccc(F)cc3F)CC2)c1. The number of aromatic nitrogens is 4. The highest BCUT2D eigenvalue weighted by atomic mass is 19.1. The smallest absolute Gasteiger partial charge is 0.137 e. The lowest BCUT2D eigenvalue weighted by Gasteiger charge is -2.39. The fourth-order valence-electron chi connectivity index (χ4n) is 5.18. The Balaban J connectivity index is 1.16. The van der Waals surface area contributed by atoms with Gasteiger partial charge in [-0.3, -0.25) is 4.90 Å². The molecular formula is C27H32F2N6O2. The number of aliphatic hydroxyl groups is 1. The molecular weight excluding hydrogens is 478 g/mol. The first-order valence-electron chi connectivity index (χ1n) is 12.5. The molecule has 4 aromatic rings. The van der Waals surface area contributed by atoms with Crippen molar-refractivity contribution in [2.45, 2.75) is 25.1 Å². The van der Waals surface area contributed by atoms with E-state index >= 15 is 0 Å². The van der Waals surface area contributed by atoms with Gasteiger partial charge in [0.05, 0.1) is 13.7 Å². The van der Waals surface area contributed by atoms with Crippen molar-refractivity contribution >= 4 is 10.9 Å². The molecule has 196 valence electrons. The Morgan fingerprint density at radius 2 is 1.78 bits per heavy atom. The highest BCUT2D eigenvalue weighted by Gasteiger charge is 2.36. The molecule has 37 heavy (non-hydrogen) atoms. The number of halogens is 2. The van der Waals surface area contributed by atoms with Crippen molar-refractivity contribution in [1.29, 1.82) is 0 Å². The second-order valence-electron chi connectivity index (χ2n) is 9.65. The predicted molar refractivity (Wildman–Crippen MR) is 136 cm³/mol. The minimum atomic E-state index is -1.58. The first kappa shape index (κ1) is 25.3. The number of aryl methyl sites for hydroxylation is 1. The van der Waals surface area contributed by atoms with Gasteiger partial charge < -0.3 is 19.3 Å². The monoisotopic (exact) mass is 510 g/mol. The molecule has 1 unspecified atom stereocenters. The maximum absolute atomic E-state index is 14.7. The Kier molecular flexibility index (Phi) is 7.50. The van der Waals surface area contributed by atoms with E-state index in [1.54, 1.807) is 7.11 Å². The van der Waals surface area contributed by atoms with Gasteiger partial charge in [0, 0.05) is 68.0 Å². The number of piperazine rings is 1. The van der Waals surface area contributed by atoms with Gasteiger partial charge in [-0.2, -0.15) is 5.10 Å². The molecule has 1 aliphatic rings. The number of benzene rings is 2. The summed E-state index contributed by atoms with van der Waals surface area (Å²) in [6, 6.07) is 11.5. The molecule has 1 atom stereocenters. The summed E-state index contributed by atoms with van der Waals surface area (Å²) in [5.74, 6) is -0.582. The minimum Gasteiger partial charge on any atom is -0.497 e. The summed E-state index contributed by atoms with van der Waals surface area (Å²) in [5, 5.41) is 16.8. The minimum absolute atomic E-state index is 0.0203. The Morgan fingerprint density at radius 3 is 2.51 bits per heavy atom. The van der Waals surface area contributed by atoms with Crippen molar-refractivity contribution < 1.29 is 18.6 Å². The van der Waals surface area contributed by atoms with Crippen LogP contribution in [0.4, 0.5) is 8.78 Å². The van der Waals surface area contributed by atoms with E-state index in [0.29, 0.717) is 0 Å². The molecule has 2 aromatic carbocycles. The van der Waals surface area contributed by atoms with Crippen LogP contribution in [0, 0.1) is 11.6 Å². The van der Waals surface area contributed by atoms with Crippen LogP contribution in [0.25, 0.3) is 10.9 Å². The van der Waals surface area contributed by atoms with Gasteiger partial charge >= 0.3 is 0 Å². The number of ether oxygens (including phenoxy) is 1. The lowest BCUT2D eigenvalue weighted by Crippen LogP contribution is -2.52. The summed E-state index contributed by atoms with van der Waals surface area (Å²) >= 11 is 0. The van der Waals surface area contributed by atoms with Crippen LogP contribution < -0.4 is 4.74 Å². The number of hydrogen-bond acceptors (Lipinski definition) is 6. The maximum atomic E-state index is 14.7. The Hall–Kier alpha value is -3.34. The fourth-order valence-corrected chi connectivity index (χ4v) is 5.18. The summed E-state index contributed by atoms with van der Waals surface area (Å²) in [4.78, 5) is 8.47. The highest BCUT2D eigenvalue weighted by molar-refractivity contribution is 5.81. The summed E-state index contributed by atoms with van der Waals surface area (Å²) in [6.45, 7) is 5.33. The molecule has 0 spiro atoms. The molecule has 1 fully saturated rings.